The molecule has 0 unspecified atom stereocenters. The van der Waals surface area contributed by atoms with Crippen molar-refractivity contribution in [2.45, 2.75) is 38.1 Å². The summed E-state index contributed by atoms with van der Waals surface area (Å²) in [6, 6.07) is 4.14. The number of nitrogens with one attached hydrogen (secondary N) is 3. The van der Waals surface area contributed by atoms with E-state index in [2.05, 4.69) is 16.0 Å². The Bertz CT molecular complexity index is 581. The van der Waals surface area contributed by atoms with Gasteiger partial charge in [-0.2, -0.15) is 0 Å². The van der Waals surface area contributed by atoms with Gasteiger partial charge in [0, 0.05) is 31.1 Å². The molecule has 0 spiro atoms. The van der Waals surface area contributed by atoms with Crippen molar-refractivity contribution in [1.82, 2.24) is 5.32 Å². The summed E-state index contributed by atoms with van der Waals surface area (Å²) in [6.45, 7) is 0.550. The van der Waals surface area contributed by atoms with Gasteiger partial charge in [0.1, 0.15) is 0 Å². The minimum Gasteiger partial charge on any atom is -0.397 e. The quantitative estimate of drug-likeness (QED) is 0.613. The Labute approximate surface area is 123 Å². The van der Waals surface area contributed by atoms with Gasteiger partial charge in [0.2, 0.25) is 11.8 Å². The van der Waals surface area contributed by atoms with Crippen molar-refractivity contribution in [3.63, 3.8) is 0 Å². The van der Waals surface area contributed by atoms with Crippen LogP contribution in [0, 0.1) is 0 Å². The highest BCUT2D eigenvalue weighted by molar-refractivity contribution is 5.95. The Kier molecular flexibility index (Phi) is 3.68. The lowest BCUT2D eigenvalue weighted by Gasteiger charge is -2.19. The molecule has 21 heavy (non-hydrogen) atoms. The molecule has 5 N–H and O–H groups in total. The summed E-state index contributed by atoms with van der Waals surface area (Å²) in [6.07, 6.45) is 3.85. The third-order valence-corrected chi connectivity index (χ3v) is 3.78. The summed E-state index contributed by atoms with van der Waals surface area (Å²) in [5.74, 6) is 0.105. The predicted octanol–water partition coefficient (Wildman–Crippen LogP) is 1.23. The van der Waals surface area contributed by atoms with Crippen LogP contribution in [0.4, 0.5) is 17.1 Å². The molecule has 2 aliphatic rings. The molecule has 3 rings (SSSR count). The molecule has 0 atom stereocenters. The molecule has 1 aromatic carbocycles. The lowest BCUT2D eigenvalue weighted by molar-refractivity contribution is -0.121. The molecule has 0 radical (unpaired) electrons. The van der Waals surface area contributed by atoms with Gasteiger partial charge >= 0.3 is 0 Å². The molecule has 1 aromatic rings. The first-order valence-corrected chi connectivity index (χ1v) is 7.37. The number of hydrogen-bond donors (Lipinski definition) is 4. The minimum atomic E-state index is 0.0272. The summed E-state index contributed by atoms with van der Waals surface area (Å²) in [7, 11) is 0. The van der Waals surface area contributed by atoms with E-state index in [1.165, 1.54) is 0 Å². The molecule has 1 fully saturated rings. The smallest absolute Gasteiger partial charge is 0.224 e. The van der Waals surface area contributed by atoms with Crippen LogP contribution in [0.1, 0.15) is 31.2 Å². The second-order valence-electron chi connectivity index (χ2n) is 5.66. The standard InChI is InChI=1S/C15H20N4O2/c16-11-8-12-9(1-4-14(20)19-12)7-13(11)17-6-5-15(21)18-10-2-3-10/h7-8,10,17H,1-6,16H2,(H,18,21)(H,19,20). The molecule has 1 heterocycles. The zero-order valence-electron chi connectivity index (χ0n) is 11.9. The van der Waals surface area contributed by atoms with Gasteiger partial charge in [0.05, 0.1) is 11.4 Å². The molecule has 1 aliphatic heterocycles. The summed E-state index contributed by atoms with van der Waals surface area (Å²) in [5, 5.41) is 8.97. The van der Waals surface area contributed by atoms with E-state index < -0.39 is 0 Å². The SMILES string of the molecule is Nc1cc2c(cc1NCCC(=O)NC1CC1)CCC(=O)N2. The first kappa shape index (κ1) is 13.7. The number of carbonyl (C=O) groups is 2. The fourth-order valence-corrected chi connectivity index (χ4v) is 2.44. The van der Waals surface area contributed by atoms with E-state index in [0.29, 0.717) is 31.1 Å². The number of hydrogen-bond acceptors (Lipinski definition) is 4. The van der Waals surface area contributed by atoms with Crippen molar-refractivity contribution in [3.8, 4) is 0 Å². The summed E-state index contributed by atoms with van der Waals surface area (Å²) in [4.78, 5) is 23.0. The van der Waals surface area contributed by atoms with Crippen LogP contribution in [0.25, 0.3) is 0 Å². The van der Waals surface area contributed by atoms with E-state index in [1.54, 1.807) is 6.07 Å². The fourth-order valence-electron chi connectivity index (χ4n) is 2.44. The third kappa shape index (κ3) is 3.45. The summed E-state index contributed by atoms with van der Waals surface area (Å²) < 4.78 is 0. The average Bonchev–Trinajstić information content (AvgIpc) is 3.23. The van der Waals surface area contributed by atoms with Crippen molar-refractivity contribution in [2.75, 3.05) is 22.9 Å². The van der Waals surface area contributed by atoms with Crippen LogP contribution < -0.4 is 21.7 Å². The maximum Gasteiger partial charge on any atom is 0.224 e. The Balaban J connectivity index is 1.57. The predicted molar refractivity (Wildman–Crippen MR) is 82.1 cm³/mol. The van der Waals surface area contributed by atoms with Crippen LogP contribution >= 0.6 is 0 Å². The van der Waals surface area contributed by atoms with E-state index in [0.717, 1.165) is 36.2 Å². The van der Waals surface area contributed by atoms with Gasteiger partial charge in [-0.3, -0.25) is 9.59 Å². The highest BCUT2D eigenvalue weighted by Crippen LogP contribution is 2.30. The highest BCUT2D eigenvalue weighted by atomic mass is 16.2. The first-order chi connectivity index (χ1) is 10.1. The average molecular weight is 288 g/mol. The van der Waals surface area contributed by atoms with E-state index in [1.807, 2.05) is 6.07 Å². The fraction of sp³-hybridized carbons (Fsp3) is 0.467. The molecule has 112 valence electrons. The number of amides is 2. The zero-order valence-corrected chi connectivity index (χ0v) is 11.9. The van der Waals surface area contributed by atoms with Gasteiger partial charge in [0.25, 0.3) is 0 Å². The van der Waals surface area contributed by atoms with Crippen molar-refractivity contribution >= 4 is 28.9 Å². The third-order valence-electron chi connectivity index (χ3n) is 3.78. The van der Waals surface area contributed by atoms with Crippen LogP contribution in [-0.4, -0.2) is 24.4 Å². The van der Waals surface area contributed by atoms with E-state index in [9.17, 15) is 9.59 Å². The van der Waals surface area contributed by atoms with Gasteiger partial charge in [-0.1, -0.05) is 0 Å². The normalized spacial score (nSPS) is 16.9. The molecule has 0 aromatic heterocycles. The number of nitrogen functional groups attached to an aromatic ring is 1. The molecule has 6 heteroatoms. The van der Waals surface area contributed by atoms with Crippen molar-refractivity contribution in [2.24, 2.45) is 0 Å². The Morgan fingerprint density at radius 1 is 1.33 bits per heavy atom. The number of benzene rings is 1. The monoisotopic (exact) mass is 288 g/mol. The van der Waals surface area contributed by atoms with Crippen molar-refractivity contribution in [1.29, 1.82) is 0 Å². The summed E-state index contributed by atoms with van der Waals surface area (Å²) in [5.41, 5.74) is 9.26. The Morgan fingerprint density at radius 3 is 2.90 bits per heavy atom. The number of rotatable bonds is 5. The number of nitrogens with two attached hydrogens (primary N) is 1. The first-order valence-electron chi connectivity index (χ1n) is 7.37. The summed E-state index contributed by atoms with van der Waals surface area (Å²) >= 11 is 0. The second-order valence-corrected chi connectivity index (χ2v) is 5.66. The highest BCUT2D eigenvalue weighted by Gasteiger charge is 2.22. The van der Waals surface area contributed by atoms with Gasteiger partial charge in [-0.05, 0) is 37.0 Å². The van der Waals surface area contributed by atoms with Gasteiger partial charge in [-0.15, -0.1) is 0 Å². The van der Waals surface area contributed by atoms with Crippen molar-refractivity contribution < 1.29 is 9.59 Å². The number of aryl methyl sites for hydroxylation is 1. The minimum absolute atomic E-state index is 0.0272. The molecule has 0 bridgehead atoms. The molecule has 2 amide bonds. The van der Waals surface area contributed by atoms with Crippen LogP contribution in [0.15, 0.2) is 12.1 Å². The van der Waals surface area contributed by atoms with Crippen LogP contribution in [-0.2, 0) is 16.0 Å². The van der Waals surface area contributed by atoms with E-state index in [4.69, 9.17) is 5.73 Å². The lowest BCUT2D eigenvalue weighted by Crippen LogP contribution is -2.27. The maximum atomic E-state index is 11.6. The zero-order chi connectivity index (χ0) is 14.8. The molecular weight excluding hydrogens is 268 g/mol. The molecule has 1 aliphatic carbocycles. The number of fused-ring (bicyclic) bond motifs is 1. The maximum absolute atomic E-state index is 11.6. The Hall–Kier alpha value is -2.24. The van der Waals surface area contributed by atoms with Crippen LogP contribution in [0.3, 0.4) is 0 Å². The molecule has 0 saturated heterocycles. The van der Waals surface area contributed by atoms with E-state index in [-0.39, 0.29) is 11.8 Å². The largest absolute Gasteiger partial charge is 0.397 e. The van der Waals surface area contributed by atoms with Gasteiger partial charge in [0.15, 0.2) is 0 Å². The van der Waals surface area contributed by atoms with Crippen molar-refractivity contribution in [3.05, 3.63) is 17.7 Å². The Morgan fingerprint density at radius 2 is 2.14 bits per heavy atom. The lowest BCUT2D eigenvalue weighted by atomic mass is 10.0. The number of anilines is 3. The second kappa shape index (κ2) is 5.63. The number of carbonyl (C=O) groups excluding carboxylic acids is 2. The van der Waals surface area contributed by atoms with Gasteiger partial charge in [-0.25, -0.2) is 0 Å². The topological polar surface area (TPSA) is 96.2 Å². The van der Waals surface area contributed by atoms with E-state index >= 15 is 0 Å². The molecule has 1 saturated carbocycles. The molecular formula is C15H20N4O2. The molecule has 6 nitrogen and oxygen atoms in total. The van der Waals surface area contributed by atoms with Crippen LogP contribution in [0.5, 0.6) is 0 Å². The van der Waals surface area contributed by atoms with Crippen LogP contribution in [0.2, 0.25) is 0 Å². The van der Waals surface area contributed by atoms with Gasteiger partial charge < -0.3 is 21.7 Å².